The lowest BCUT2D eigenvalue weighted by Gasteiger charge is -2.04. The number of carbonyl (C=O) groups excluding carboxylic acids is 1. The third-order valence-corrected chi connectivity index (χ3v) is 1.83. The maximum absolute atomic E-state index is 10.9. The van der Waals surface area contributed by atoms with Crippen LogP contribution in [0.5, 0.6) is 5.75 Å². The summed E-state index contributed by atoms with van der Waals surface area (Å²) in [5.41, 5.74) is 0. The number of hydrogen-bond donors (Lipinski definition) is 0. The first-order chi connectivity index (χ1) is 6.97. The van der Waals surface area contributed by atoms with E-state index >= 15 is 0 Å². The standard InChI is InChI=1S/C9H10O5S/c1-15(11,12)14-9(10)7-13-8-5-3-2-4-6-8/h2-6H,7H2,1H3. The Kier molecular flexibility index (Phi) is 3.68. The van der Waals surface area contributed by atoms with Crippen LogP contribution in [0, 0.1) is 0 Å². The molecule has 0 amide bonds. The Hall–Kier alpha value is -1.56. The van der Waals surface area contributed by atoms with Gasteiger partial charge in [-0.3, -0.25) is 0 Å². The van der Waals surface area contributed by atoms with E-state index in [1.54, 1.807) is 30.3 Å². The van der Waals surface area contributed by atoms with E-state index in [9.17, 15) is 13.2 Å². The van der Waals surface area contributed by atoms with Crippen LogP contribution < -0.4 is 4.74 Å². The molecular weight excluding hydrogens is 220 g/mol. The highest BCUT2D eigenvalue weighted by Crippen LogP contribution is 2.07. The van der Waals surface area contributed by atoms with E-state index in [2.05, 4.69) is 4.18 Å². The number of benzene rings is 1. The summed E-state index contributed by atoms with van der Waals surface area (Å²) in [6, 6.07) is 8.55. The molecule has 0 bridgehead atoms. The van der Waals surface area contributed by atoms with Crippen molar-refractivity contribution in [3.63, 3.8) is 0 Å². The SMILES string of the molecule is CS(=O)(=O)OC(=O)COc1ccccc1. The zero-order chi connectivity index (χ0) is 11.3. The molecule has 82 valence electrons. The normalized spacial score (nSPS) is 10.7. The van der Waals surface area contributed by atoms with Gasteiger partial charge in [0.15, 0.2) is 6.61 Å². The fraction of sp³-hybridized carbons (Fsp3) is 0.222. The Balaban J connectivity index is 2.42. The van der Waals surface area contributed by atoms with Crippen LogP contribution in [-0.2, 0) is 19.1 Å². The third kappa shape index (κ3) is 5.02. The van der Waals surface area contributed by atoms with Crippen LogP contribution in [0.3, 0.4) is 0 Å². The molecule has 0 aliphatic heterocycles. The molecule has 0 atom stereocenters. The van der Waals surface area contributed by atoms with Gasteiger partial charge in [0.2, 0.25) is 0 Å². The molecule has 0 radical (unpaired) electrons. The predicted octanol–water partition coefficient (Wildman–Crippen LogP) is 0.568. The summed E-state index contributed by atoms with van der Waals surface area (Å²) in [4.78, 5) is 10.9. The van der Waals surface area contributed by atoms with Crippen LogP contribution in [0.1, 0.15) is 0 Å². The zero-order valence-corrected chi connectivity index (χ0v) is 8.86. The van der Waals surface area contributed by atoms with Crippen LogP contribution >= 0.6 is 0 Å². The maximum Gasteiger partial charge on any atom is 0.359 e. The van der Waals surface area contributed by atoms with E-state index < -0.39 is 22.7 Å². The van der Waals surface area contributed by atoms with Gasteiger partial charge in [0.25, 0.3) is 0 Å². The first kappa shape index (κ1) is 11.5. The van der Waals surface area contributed by atoms with E-state index in [1.807, 2.05) is 0 Å². The molecule has 0 aliphatic carbocycles. The van der Waals surface area contributed by atoms with Crippen molar-refractivity contribution < 1.29 is 22.1 Å². The van der Waals surface area contributed by atoms with E-state index in [0.717, 1.165) is 6.26 Å². The largest absolute Gasteiger partial charge is 0.482 e. The van der Waals surface area contributed by atoms with E-state index in [4.69, 9.17) is 4.74 Å². The second-order valence-corrected chi connectivity index (χ2v) is 4.34. The monoisotopic (exact) mass is 230 g/mol. The molecule has 0 aliphatic rings. The van der Waals surface area contributed by atoms with Gasteiger partial charge in [-0.15, -0.1) is 0 Å². The highest BCUT2D eigenvalue weighted by Gasteiger charge is 2.11. The van der Waals surface area contributed by atoms with Crippen LogP contribution in [0.15, 0.2) is 30.3 Å². The quantitative estimate of drug-likeness (QED) is 0.707. The molecular formula is C9H10O5S. The van der Waals surface area contributed by atoms with Gasteiger partial charge in [-0.2, -0.15) is 8.42 Å². The van der Waals surface area contributed by atoms with Gasteiger partial charge < -0.3 is 8.92 Å². The number of ether oxygens (including phenoxy) is 1. The first-order valence-electron chi connectivity index (χ1n) is 4.07. The molecule has 0 spiro atoms. The van der Waals surface area contributed by atoms with Crippen molar-refractivity contribution in [2.75, 3.05) is 12.9 Å². The van der Waals surface area contributed by atoms with Gasteiger partial charge in [0, 0.05) is 0 Å². The van der Waals surface area contributed by atoms with Crippen molar-refractivity contribution in [2.24, 2.45) is 0 Å². The Labute approximate surface area is 87.7 Å². The van der Waals surface area contributed by atoms with Crippen molar-refractivity contribution in [2.45, 2.75) is 0 Å². The molecule has 0 saturated carbocycles. The van der Waals surface area contributed by atoms with Gasteiger partial charge in [-0.05, 0) is 12.1 Å². The minimum absolute atomic E-state index is 0.433. The van der Waals surface area contributed by atoms with Gasteiger partial charge >= 0.3 is 16.1 Å². The van der Waals surface area contributed by atoms with Gasteiger partial charge in [-0.1, -0.05) is 18.2 Å². The summed E-state index contributed by atoms with van der Waals surface area (Å²) >= 11 is 0. The van der Waals surface area contributed by atoms with E-state index in [0.29, 0.717) is 5.75 Å². The molecule has 0 heterocycles. The topological polar surface area (TPSA) is 69.7 Å². The molecule has 0 saturated heterocycles. The molecule has 1 aromatic carbocycles. The highest BCUT2D eigenvalue weighted by molar-refractivity contribution is 7.86. The summed E-state index contributed by atoms with van der Waals surface area (Å²) in [7, 11) is -3.76. The Morgan fingerprint density at radius 1 is 1.27 bits per heavy atom. The molecule has 0 fully saturated rings. The van der Waals surface area contributed by atoms with Crippen molar-refractivity contribution in [3.8, 4) is 5.75 Å². The third-order valence-electron chi connectivity index (χ3n) is 1.34. The second-order valence-electron chi connectivity index (χ2n) is 2.76. The first-order valence-corrected chi connectivity index (χ1v) is 5.89. The molecule has 0 aromatic heterocycles. The lowest BCUT2D eigenvalue weighted by atomic mass is 10.3. The smallest absolute Gasteiger partial charge is 0.359 e. The molecule has 6 heteroatoms. The molecule has 1 rings (SSSR count). The molecule has 0 unspecified atom stereocenters. The van der Waals surface area contributed by atoms with E-state index in [1.165, 1.54) is 0 Å². The number of carbonyl (C=O) groups is 1. The minimum Gasteiger partial charge on any atom is -0.482 e. The van der Waals surface area contributed by atoms with E-state index in [-0.39, 0.29) is 0 Å². The van der Waals surface area contributed by atoms with Gasteiger partial charge in [0.05, 0.1) is 6.26 Å². The second kappa shape index (κ2) is 4.79. The van der Waals surface area contributed by atoms with Crippen LogP contribution in [-0.4, -0.2) is 27.2 Å². The zero-order valence-electron chi connectivity index (χ0n) is 8.04. The molecule has 5 nitrogen and oxygen atoms in total. The Morgan fingerprint density at radius 2 is 1.87 bits per heavy atom. The van der Waals surface area contributed by atoms with Crippen molar-refractivity contribution in [1.82, 2.24) is 0 Å². The Morgan fingerprint density at radius 3 is 2.40 bits per heavy atom. The minimum atomic E-state index is -3.76. The fourth-order valence-electron chi connectivity index (χ4n) is 0.852. The van der Waals surface area contributed by atoms with Crippen molar-refractivity contribution in [1.29, 1.82) is 0 Å². The average Bonchev–Trinajstić information content (AvgIpc) is 2.14. The number of para-hydroxylation sites is 1. The van der Waals surface area contributed by atoms with Gasteiger partial charge in [0.1, 0.15) is 5.75 Å². The van der Waals surface area contributed by atoms with Crippen LogP contribution in [0.4, 0.5) is 0 Å². The lowest BCUT2D eigenvalue weighted by molar-refractivity contribution is -0.136. The van der Waals surface area contributed by atoms with Crippen molar-refractivity contribution in [3.05, 3.63) is 30.3 Å². The van der Waals surface area contributed by atoms with Crippen LogP contribution in [0.2, 0.25) is 0 Å². The Bertz CT molecular complexity index is 423. The average molecular weight is 230 g/mol. The number of hydrogen-bond acceptors (Lipinski definition) is 5. The van der Waals surface area contributed by atoms with Crippen LogP contribution in [0.25, 0.3) is 0 Å². The molecule has 15 heavy (non-hydrogen) atoms. The highest BCUT2D eigenvalue weighted by atomic mass is 32.2. The lowest BCUT2D eigenvalue weighted by Crippen LogP contribution is -2.18. The summed E-state index contributed by atoms with van der Waals surface area (Å²) in [6.45, 7) is -0.433. The summed E-state index contributed by atoms with van der Waals surface area (Å²) in [5, 5.41) is 0. The maximum atomic E-state index is 10.9. The molecule has 1 aromatic rings. The number of rotatable bonds is 4. The summed E-state index contributed by atoms with van der Waals surface area (Å²) in [6.07, 6.45) is 0.799. The van der Waals surface area contributed by atoms with Crippen molar-refractivity contribution >= 4 is 16.1 Å². The summed E-state index contributed by atoms with van der Waals surface area (Å²) < 4.78 is 30.2. The van der Waals surface area contributed by atoms with Gasteiger partial charge in [-0.25, -0.2) is 4.79 Å². The predicted molar refractivity (Wildman–Crippen MR) is 52.9 cm³/mol. The molecule has 0 N–H and O–H groups in total. The summed E-state index contributed by atoms with van der Waals surface area (Å²) in [5.74, 6) is -0.468. The fourth-order valence-corrected chi connectivity index (χ4v) is 1.24.